The Balaban J connectivity index is 1.17. The van der Waals surface area contributed by atoms with Crippen LogP contribution >= 0.6 is 0 Å². The predicted molar refractivity (Wildman–Crippen MR) is 126 cm³/mol. The zero-order valence-electron chi connectivity index (χ0n) is 18.5. The molecular formula is C26H27N5O2. The number of nitriles is 1. The summed E-state index contributed by atoms with van der Waals surface area (Å²) in [6.45, 7) is 3.78. The van der Waals surface area contributed by atoms with Crippen LogP contribution in [-0.4, -0.2) is 40.6 Å². The summed E-state index contributed by atoms with van der Waals surface area (Å²) in [6.07, 6.45) is 6.68. The van der Waals surface area contributed by atoms with Crippen LogP contribution < -0.4 is 5.32 Å². The quantitative estimate of drug-likeness (QED) is 0.564. The fourth-order valence-corrected chi connectivity index (χ4v) is 3.97. The number of rotatable bonds is 8. The van der Waals surface area contributed by atoms with Crippen LogP contribution in [0, 0.1) is 17.2 Å². The number of carbonyl (C=O) groups is 1. The average Bonchev–Trinajstić information content (AvgIpc) is 3.34. The Bertz CT molecular complexity index is 1110. The van der Waals surface area contributed by atoms with E-state index in [4.69, 9.17) is 9.68 Å². The van der Waals surface area contributed by atoms with Gasteiger partial charge in [-0.25, -0.2) is 0 Å². The van der Waals surface area contributed by atoms with E-state index in [1.54, 1.807) is 24.3 Å². The van der Waals surface area contributed by atoms with Gasteiger partial charge in [-0.3, -0.25) is 9.69 Å². The SMILES string of the molecule is N#Cc1ccc(/C=C/c2nnc(C(=O)NCCC3CCN(Cc4ccccc4)CC3)o2)cc1. The second kappa shape index (κ2) is 11.2. The summed E-state index contributed by atoms with van der Waals surface area (Å²) in [7, 11) is 0. The van der Waals surface area contributed by atoms with Crippen molar-refractivity contribution in [2.24, 2.45) is 5.92 Å². The van der Waals surface area contributed by atoms with Crippen LogP contribution in [0.15, 0.2) is 59.0 Å². The topological polar surface area (TPSA) is 95.0 Å². The highest BCUT2D eigenvalue weighted by atomic mass is 16.4. The van der Waals surface area contributed by atoms with Gasteiger partial charge in [0.05, 0.1) is 11.6 Å². The molecule has 0 atom stereocenters. The van der Waals surface area contributed by atoms with Gasteiger partial charge in [0.25, 0.3) is 0 Å². The number of carbonyl (C=O) groups excluding carboxylic acids is 1. The van der Waals surface area contributed by atoms with Gasteiger partial charge in [-0.15, -0.1) is 10.2 Å². The second-order valence-electron chi connectivity index (χ2n) is 8.26. The van der Waals surface area contributed by atoms with Crippen LogP contribution in [0.1, 0.15) is 52.5 Å². The molecule has 1 amide bonds. The second-order valence-corrected chi connectivity index (χ2v) is 8.26. The number of likely N-dealkylation sites (tertiary alicyclic amines) is 1. The molecule has 7 nitrogen and oxygen atoms in total. The van der Waals surface area contributed by atoms with Crippen molar-refractivity contribution >= 4 is 18.1 Å². The summed E-state index contributed by atoms with van der Waals surface area (Å²) < 4.78 is 5.45. The van der Waals surface area contributed by atoms with E-state index in [1.807, 2.05) is 18.2 Å². The molecule has 2 heterocycles. The molecule has 1 saturated heterocycles. The number of amides is 1. The Hall–Kier alpha value is -3.76. The third-order valence-electron chi connectivity index (χ3n) is 5.89. The summed E-state index contributed by atoms with van der Waals surface area (Å²) in [5, 5.41) is 19.5. The number of benzene rings is 2. The zero-order chi connectivity index (χ0) is 22.9. The van der Waals surface area contributed by atoms with Gasteiger partial charge >= 0.3 is 11.8 Å². The zero-order valence-corrected chi connectivity index (χ0v) is 18.5. The Morgan fingerprint density at radius 2 is 1.85 bits per heavy atom. The summed E-state index contributed by atoms with van der Waals surface area (Å²) in [5.74, 6) is 0.496. The Morgan fingerprint density at radius 1 is 1.09 bits per heavy atom. The third kappa shape index (κ3) is 6.61. The standard InChI is InChI=1S/C26H27N5O2/c27-18-22-8-6-20(7-9-22)10-11-24-29-30-26(33-24)25(32)28-15-12-21-13-16-31(17-14-21)19-23-4-2-1-3-5-23/h1-11,21H,12-17,19H2,(H,28,32)/b11-10+. The highest BCUT2D eigenvalue weighted by molar-refractivity contribution is 5.89. The molecule has 0 saturated carbocycles. The van der Waals surface area contributed by atoms with Crippen LogP contribution in [0.5, 0.6) is 0 Å². The van der Waals surface area contributed by atoms with Gasteiger partial charge in [0, 0.05) is 19.2 Å². The lowest BCUT2D eigenvalue weighted by molar-refractivity contribution is 0.0912. The molecule has 3 aromatic rings. The number of nitrogens with zero attached hydrogens (tertiary/aromatic N) is 4. The smallest absolute Gasteiger partial charge is 0.308 e. The van der Waals surface area contributed by atoms with E-state index in [1.165, 1.54) is 5.56 Å². The van der Waals surface area contributed by atoms with Crippen molar-refractivity contribution < 1.29 is 9.21 Å². The minimum absolute atomic E-state index is 0.0350. The Kier molecular flexibility index (Phi) is 7.62. The van der Waals surface area contributed by atoms with Gasteiger partial charge in [0.1, 0.15) is 0 Å². The van der Waals surface area contributed by atoms with Crippen molar-refractivity contribution in [3.63, 3.8) is 0 Å². The molecule has 1 aliphatic heterocycles. The van der Waals surface area contributed by atoms with Gasteiger partial charge in [0.2, 0.25) is 5.89 Å². The lowest BCUT2D eigenvalue weighted by Crippen LogP contribution is -2.34. The highest BCUT2D eigenvalue weighted by Gasteiger charge is 2.20. The molecule has 0 bridgehead atoms. The van der Waals surface area contributed by atoms with Crippen LogP contribution in [0.3, 0.4) is 0 Å². The monoisotopic (exact) mass is 441 g/mol. The molecule has 0 unspecified atom stereocenters. The lowest BCUT2D eigenvalue weighted by atomic mass is 9.93. The number of hydrogen-bond acceptors (Lipinski definition) is 6. The maximum Gasteiger partial charge on any atom is 0.308 e. The molecular weight excluding hydrogens is 414 g/mol. The van der Waals surface area contributed by atoms with E-state index in [9.17, 15) is 4.79 Å². The minimum atomic E-state index is -0.345. The van der Waals surface area contributed by atoms with Gasteiger partial charge in [-0.1, -0.05) is 42.5 Å². The summed E-state index contributed by atoms with van der Waals surface area (Å²) in [6, 6.07) is 19.8. The molecule has 1 N–H and O–H groups in total. The number of piperidine rings is 1. The maximum atomic E-state index is 12.3. The van der Waals surface area contributed by atoms with Crippen LogP contribution in [0.2, 0.25) is 0 Å². The van der Waals surface area contributed by atoms with E-state index in [2.05, 4.69) is 50.7 Å². The molecule has 0 aliphatic carbocycles. The third-order valence-corrected chi connectivity index (χ3v) is 5.89. The molecule has 0 spiro atoms. The van der Waals surface area contributed by atoms with Crippen molar-refractivity contribution in [3.05, 3.63) is 83.1 Å². The maximum absolute atomic E-state index is 12.3. The summed E-state index contributed by atoms with van der Waals surface area (Å²) in [5.41, 5.74) is 2.85. The van der Waals surface area contributed by atoms with Crippen molar-refractivity contribution in [1.29, 1.82) is 5.26 Å². The molecule has 4 rings (SSSR count). The van der Waals surface area contributed by atoms with Gasteiger partial charge < -0.3 is 9.73 Å². The van der Waals surface area contributed by atoms with Gasteiger partial charge in [-0.2, -0.15) is 5.26 Å². The molecule has 0 radical (unpaired) electrons. The van der Waals surface area contributed by atoms with E-state index in [-0.39, 0.29) is 17.7 Å². The van der Waals surface area contributed by atoms with E-state index in [0.717, 1.165) is 44.5 Å². The first-order valence-corrected chi connectivity index (χ1v) is 11.3. The van der Waals surface area contributed by atoms with Gasteiger partial charge in [-0.05, 0) is 67.6 Å². The first-order chi connectivity index (χ1) is 16.2. The van der Waals surface area contributed by atoms with Crippen molar-refractivity contribution in [2.45, 2.75) is 25.8 Å². The Morgan fingerprint density at radius 3 is 2.58 bits per heavy atom. The van der Waals surface area contributed by atoms with Crippen LogP contribution in [-0.2, 0) is 6.54 Å². The van der Waals surface area contributed by atoms with Crippen molar-refractivity contribution in [3.8, 4) is 6.07 Å². The molecule has 1 aromatic heterocycles. The van der Waals surface area contributed by atoms with Crippen LogP contribution in [0.25, 0.3) is 12.2 Å². The largest absolute Gasteiger partial charge is 0.413 e. The Labute approximate surface area is 193 Å². The van der Waals surface area contributed by atoms with Crippen molar-refractivity contribution in [1.82, 2.24) is 20.4 Å². The fourth-order valence-electron chi connectivity index (χ4n) is 3.97. The predicted octanol–water partition coefficient (Wildman–Crippen LogP) is 4.14. The van der Waals surface area contributed by atoms with E-state index < -0.39 is 0 Å². The first kappa shape index (κ1) is 22.4. The lowest BCUT2D eigenvalue weighted by Gasteiger charge is -2.32. The van der Waals surface area contributed by atoms with Crippen LogP contribution in [0.4, 0.5) is 0 Å². The molecule has 1 aliphatic rings. The minimum Gasteiger partial charge on any atom is -0.413 e. The van der Waals surface area contributed by atoms with Gasteiger partial charge in [0.15, 0.2) is 0 Å². The molecule has 7 heteroatoms. The number of aromatic nitrogens is 2. The summed E-state index contributed by atoms with van der Waals surface area (Å²) in [4.78, 5) is 14.8. The van der Waals surface area contributed by atoms with E-state index in [0.29, 0.717) is 18.0 Å². The molecule has 168 valence electrons. The normalized spacial score (nSPS) is 14.9. The fraction of sp³-hybridized carbons (Fsp3) is 0.308. The number of nitrogens with one attached hydrogen (secondary N) is 1. The first-order valence-electron chi connectivity index (χ1n) is 11.3. The molecule has 1 fully saturated rings. The molecule has 33 heavy (non-hydrogen) atoms. The molecule has 2 aromatic carbocycles. The summed E-state index contributed by atoms with van der Waals surface area (Å²) >= 11 is 0. The van der Waals surface area contributed by atoms with E-state index >= 15 is 0 Å². The number of hydrogen-bond donors (Lipinski definition) is 1. The average molecular weight is 442 g/mol. The van der Waals surface area contributed by atoms with Crippen molar-refractivity contribution in [2.75, 3.05) is 19.6 Å². The highest BCUT2D eigenvalue weighted by Crippen LogP contribution is 2.21.